The van der Waals surface area contributed by atoms with E-state index in [1.807, 2.05) is 6.07 Å². The van der Waals surface area contributed by atoms with Gasteiger partial charge in [-0.2, -0.15) is 5.26 Å². The van der Waals surface area contributed by atoms with Crippen molar-refractivity contribution in [2.45, 2.75) is 4.34 Å². The van der Waals surface area contributed by atoms with Gasteiger partial charge in [0.1, 0.15) is 0 Å². The Morgan fingerprint density at radius 1 is 1.55 bits per heavy atom. The van der Waals surface area contributed by atoms with Crippen LogP contribution in [0.25, 0.3) is 0 Å². The van der Waals surface area contributed by atoms with Crippen LogP contribution in [0.4, 0.5) is 10.8 Å². The Kier molecular flexibility index (Phi) is 4.79. The van der Waals surface area contributed by atoms with Crippen LogP contribution < -0.4 is 5.32 Å². The van der Waals surface area contributed by atoms with Crippen LogP contribution >= 0.6 is 34.7 Å². The average molecular weight is 327 g/mol. The molecule has 20 heavy (non-hydrogen) atoms. The van der Waals surface area contributed by atoms with E-state index in [1.54, 1.807) is 18.2 Å². The van der Waals surface area contributed by atoms with E-state index in [4.69, 9.17) is 22.0 Å². The number of aromatic nitrogens is 2. The Hall–Kier alpha value is -1.82. The number of carboxylic acids is 1. The highest BCUT2D eigenvalue weighted by molar-refractivity contribution is 8.01. The maximum Gasteiger partial charge on any atom is 0.313 e. The highest BCUT2D eigenvalue weighted by atomic mass is 35.5. The van der Waals surface area contributed by atoms with Crippen LogP contribution in [-0.2, 0) is 4.79 Å². The van der Waals surface area contributed by atoms with E-state index < -0.39 is 5.97 Å². The molecule has 0 atom stereocenters. The molecule has 1 aromatic heterocycles. The van der Waals surface area contributed by atoms with Gasteiger partial charge < -0.3 is 10.4 Å². The first kappa shape index (κ1) is 14.6. The number of anilines is 2. The fourth-order valence-corrected chi connectivity index (χ4v) is 2.90. The Labute approximate surface area is 127 Å². The van der Waals surface area contributed by atoms with E-state index in [0.717, 1.165) is 11.8 Å². The molecular formula is C11H7ClN4O2S2. The summed E-state index contributed by atoms with van der Waals surface area (Å²) in [6.07, 6.45) is 0. The van der Waals surface area contributed by atoms with Crippen LogP contribution in [0.15, 0.2) is 22.5 Å². The normalized spacial score (nSPS) is 10.0. The van der Waals surface area contributed by atoms with Gasteiger partial charge in [-0.25, -0.2) is 0 Å². The second kappa shape index (κ2) is 6.56. The minimum absolute atomic E-state index is 0.0701. The lowest BCUT2D eigenvalue weighted by molar-refractivity contribution is -0.133. The minimum atomic E-state index is -0.913. The lowest BCUT2D eigenvalue weighted by Crippen LogP contribution is -1.96. The predicted octanol–water partition coefficient (Wildman–Crippen LogP) is 2.98. The lowest BCUT2D eigenvalue weighted by atomic mass is 10.2. The molecule has 6 nitrogen and oxygen atoms in total. The van der Waals surface area contributed by atoms with Crippen LogP contribution in [0.5, 0.6) is 0 Å². The van der Waals surface area contributed by atoms with Crippen LogP contribution in [-0.4, -0.2) is 27.0 Å². The van der Waals surface area contributed by atoms with Crippen molar-refractivity contribution in [2.75, 3.05) is 11.1 Å². The molecule has 0 aliphatic rings. The summed E-state index contributed by atoms with van der Waals surface area (Å²) in [5.74, 6) is -0.983. The number of hydrogen-bond acceptors (Lipinski definition) is 7. The number of nitrogens with one attached hydrogen (secondary N) is 1. The number of nitrogens with zero attached hydrogens (tertiary/aromatic N) is 3. The van der Waals surface area contributed by atoms with E-state index in [-0.39, 0.29) is 5.75 Å². The van der Waals surface area contributed by atoms with Crippen molar-refractivity contribution >= 4 is 51.5 Å². The number of carbonyl (C=O) groups is 1. The molecule has 0 saturated carbocycles. The fraction of sp³-hybridized carbons (Fsp3) is 0.0909. The Bertz CT molecular complexity index is 683. The summed E-state index contributed by atoms with van der Waals surface area (Å²) < 4.78 is 0.544. The zero-order valence-electron chi connectivity index (χ0n) is 9.83. The Morgan fingerprint density at radius 2 is 2.35 bits per heavy atom. The molecule has 0 aliphatic carbocycles. The molecule has 0 unspecified atom stereocenters. The first-order valence-corrected chi connectivity index (χ1v) is 7.41. The third-order valence-corrected chi connectivity index (χ3v) is 4.35. The number of nitriles is 1. The predicted molar refractivity (Wildman–Crippen MR) is 77.7 cm³/mol. The first-order valence-electron chi connectivity index (χ1n) is 5.23. The quantitative estimate of drug-likeness (QED) is 0.815. The maximum absolute atomic E-state index is 10.5. The van der Waals surface area contributed by atoms with Crippen molar-refractivity contribution in [3.05, 3.63) is 28.8 Å². The zero-order chi connectivity index (χ0) is 14.5. The molecule has 0 radical (unpaired) electrons. The minimum Gasteiger partial charge on any atom is -0.481 e. The van der Waals surface area contributed by atoms with E-state index in [9.17, 15) is 4.79 Å². The van der Waals surface area contributed by atoms with Crippen molar-refractivity contribution in [2.24, 2.45) is 0 Å². The summed E-state index contributed by atoms with van der Waals surface area (Å²) >= 11 is 8.32. The second-order valence-electron chi connectivity index (χ2n) is 3.49. The summed E-state index contributed by atoms with van der Waals surface area (Å²) in [5.41, 5.74) is 1.03. The summed E-state index contributed by atoms with van der Waals surface area (Å²) in [7, 11) is 0. The summed E-state index contributed by atoms with van der Waals surface area (Å²) in [6, 6.07) is 6.85. The number of benzene rings is 1. The molecular weight excluding hydrogens is 320 g/mol. The number of halogens is 1. The van der Waals surface area contributed by atoms with Gasteiger partial charge in [-0.3, -0.25) is 4.79 Å². The van der Waals surface area contributed by atoms with Gasteiger partial charge in [0.2, 0.25) is 5.13 Å². The van der Waals surface area contributed by atoms with E-state index in [2.05, 4.69) is 15.5 Å². The molecule has 1 heterocycles. The monoisotopic (exact) mass is 326 g/mol. The van der Waals surface area contributed by atoms with Crippen molar-refractivity contribution in [3.8, 4) is 6.07 Å². The fourth-order valence-electron chi connectivity index (χ4n) is 1.25. The molecule has 9 heteroatoms. The molecule has 2 aromatic rings. The van der Waals surface area contributed by atoms with Gasteiger partial charge in [0.05, 0.1) is 28.1 Å². The molecule has 2 N–H and O–H groups in total. The Morgan fingerprint density at radius 3 is 3.05 bits per heavy atom. The lowest BCUT2D eigenvalue weighted by Gasteiger charge is -2.04. The van der Waals surface area contributed by atoms with E-state index in [1.165, 1.54) is 11.3 Å². The van der Waals surface area contributed by atoms with Gasteiger partial charge >= 0.3 is 5.97 Å². The molecule has 0 spiro atoms. The van der Waals surface area contributed by atoms with Crippen LogP contribution in [0, 0.1) is 11.3 Å². The van der Waals surface area contributed by atoms with Crippen molar-refractivity contribution in [3.63, 3.8) is 0 Å². The highest BCUT2D eigenvalue weighted by Gasteiger charge is 2.09. The number of aliphatic carboxylic acids is 1. The average Bonchev–Trinajstić information content (AvgIpc) is 2.86. The maximum atomic E-state index is 10.5. The highest BCUT2D eigenvalue weighted by Crippen LogP contribution is 2.30. The van der Waals surface area contributed by atoms with Crippen LogP contribution in [0.3, 0.4) is 0 Å². The molecule has 0 amide bonds. The van der Waals surface area contributed by atoms with Crippen LogP contribution in [0.1, 0.15) is 5.56 Å². The van der Waals surface area contributed by atoms with Gasteiger partial charge in [0, 0.05) is 0 Å². The zero-order valence-corrected chi connectivity index (χ0v) is 12.2. The Balaban J connectivity index is 2.10. The largest absolute Gasteiger partial charge is 0.481 e. The molecule has 1 aromatic carbocycles. The standard InChI is InChI=1S/C11H7ClN4O2S2/c12-7-2-1-6(4-13)3-8(7)14-10-15-16-11(20-10)19-5-9(17)18/h1-3H,5H2,(H,14,15)(H,17,18). The molecule has 2 rings (SSSR count). The number of thioether (sulfide) groups is 1. The van der Waals surface area contributed by atoms with Crippen LogP contribution in [0.2, 0.25) is 5.02 Å². The van der Waals surface area contributed by atoms with Crippen molar-refractivity contribution in [1.29, 1.82) is 5.26 Å². The molecule has 102 valence electrons. The topological polar surface area (TPSA) is 98.9 Å². The smallest absolute Gasteiger partial charge is 0.313 e. The van der Waals surface area contributed by atoms with Gasteiger partial charge in [0.25, 0.3) is 0 Å². The summed E-state index contributed by atoms with van der Waals surface area (Å²) in [6.45, 7) is 0. The summed E-state index contributed by atoms with van der Waals surface area (Å²) in [4.78, 5) is 10.5. The number of rotatable bonds is 5. The van der Waals surface area contributed by atoms with E-state index >= 15 is 0 Å². The van der Waals surface area contributed by atoms with Gasteiger partial charge in [-0.1, -0.05) is 34.7 Å². The molecule has 0 bridgehead atoms. The number of carboxylic acid groups (broad SMARTS) is 1. The molecule has 0 aliphatic heterocycles. The van der Waals surface area contributed by atoms with Gasteiger partial charge in [0.15, 0.2) is 4.34 Å². The van der Waals surface area contributed by atoms with Gasteiger partial charge in [-0.05, 0) is 18.2 Å². The first-order chi connectivity index (χ1) is 9.58. The third kappa shape index (κ3) is 3.84. The SMILES string of the molecule is N#Cc1ccc(Cl)c(Nc2nnc(SCC(=O)O)s2)c1. The second-order valence-corrected chi connectivity index (χ2v) is 6.09. The van der Waals surface area contributed by atoms with E-state index in [0.29, 0.717) is 25.7 Å². The third-order valence-electron chi connectivity index (χ3n) is 2.06. The summed E-state index contributed by atoms with van der Waals surface area (Å²) in [5, 5.41) is 29.1. The van der Waals surface area contributed by atoms with Gasteiger partial charge in [-0.15, -0.1) is 10.2 Å². The van der Waals surface area contributed by atoms with Crippen molar-refractivity contribution < 1.29 is 9.90 Å². The molecule has 0 fully saturated rings. The molecule has 0 saturated heterocycles. The van der Waals surface area contributed by atoms with Crippen molar-refractivity contribution in [1.82, 2.24) is 10.2 Å². The number of hydrogen-bond donors (Lipinski definition) is 2.